The van der Waals surface area contributed by atoms with E-state index in [0.717, 1.165) is 5.56 Å². The summed E-state index contributed by atoms with van der Waals surface area (Å²) in [5.41, 5.74) is 10.9. The highest BCUT2D eigenvalue weighted by Gasteiger charge is 2.32. The van der Waals surface area contributed by atoms with Crippen molar-refractivity contribution in [2.24, 2.45) is 5.73 Å². The topological polar surface area (TPSA) is 102 Å². The lowest BCUT2D eigenvalue weighted by Crippen LogP contribution is -2.42. The summed E-state index contributed by atoms with van der Waals surface area (Å²) in [4.78, 5) is 14.7. The summed E-state index contributed by atoms with van der Waals surface area (Å²) in [6.45, 7) is 3.19. The van der Waals surface area contributed by atoms with Crippen LogP contribution in [0, 0.1) is 6.92 Å². The summed E-state index contributed by atoms with van der Waals surface area (Å²) in [6, 6.07) is 1.64. The monoisotopic (exact) mass is 195 g/mol. The number of anilines is 1. The van der Waals surface area contributed by atoms with Gasteiger partial charge in [-0.3, -0.25) is 0 Å². The van der Waals surface area contributed by atoms with E-state index in [9.17, 15) is 4.79 Å². The highest BCUT2D eigenvalue weighted by atomic mass is 16.4. The average molecular weight is 195 g/mol. The van der Waals surface area contributed by atoms with Crippen molar-refractivity contribution in [3.63, 3.8) is 0 Å². The Morgan fingerprint density at radius 3 is 2.71 bits per heavy atom. The molecular weight excluding hydrogens is 182 g/mol. The number of carbonyl (C=O) groups is 1. The maximum atomic E-state index is 10.9. The van der Waals surface area contributed by atoms with E-state index in [1.165, 1.54) is 6.92 Å². The molecule has 0 amide bonds. The third kappa shape index (κ3) is 1.67. The molecule has 1 aromatic rings. The number of aliphatic carboxylic acids is 1. The SMILES string of the molecule is Cc1cnc(N)c([C@@](C)(N)C(=O)O)c1. The van der Waals surface area contributed by atoms with E-state index in [-0.39, 0.29) is 5.82 Å². The number of hydrogen-bond donors (Lipinski definition) is 3. The van der Waals surface area contributed by atoms with E-state index < -0.39 is 11.5 Å². The second kappa shape index (κ2) is 3.26. The Kier molecular flexibility index (Phi) is 2.44. The highest BCUT2D eigenvalue weighted by Crippen LogP contribution is 2.23. The zero-order valence-electron chi connectivity index (χ0n) is 8.11. The molecule has 0 unspecified atom stereocenters. The maximum Gasteiger partial charge on any atom is 0.328 e. The van der Waals surface area contributed by atoms with Crippen molar-refractivity contribution in [3.8, 4) is 0 Å². The Morgan fingerprint density at radius 1 is 1.64 bits per heavy atom. The first-order valence-corrected chi connectivity index (χ1v) is 4.10. The molecule has 0 radical (unpaired) electrons. The largest absolute Gasteiger partial charge is 0.480 e. The predicted molar refractivity (Wildman–Crippen MR) is 52.6 cm³/mol. The minimum atomic E-state index is -1.50. The number of rotatable bonds is 2. The first-order chi connectivity index (χ1) is 6.35. The first-order valence-electron chi connectivity index (χ1n) is 4.10. The van der Waals surface area contributed by atoms with Crippen LogP contribution in [0.15, 0.2) is 12.3 Å². The molecule has 5 N–H and O–H groups in total. The van der Waals surface area contributed by atoms with Gasteiger partial charge in [0.05, 0.1) is 0 Å². The minimum Gasteiger partial charge on any atom is -0.480 e. The summed E-state index contributed by atoms with van der Waals surface area (Å²) in [5, 5.41) is 8.90. The average Bonchev–Trinajstić information content (AvgIpc) is 2.08. The summed E-state index contributed by atoms with van der Waals surface area (Å²) >= 11 is 0. The second-order valence-corrected chi connectivity index (χ2v) is 3.45. The normalized spacial score (nSPS) is 14.8. The molecule has 76 valence electrons. The Balaban J connectivity index is 3.31. The van der Waals surface area contributed by atoms with Crippen LogP contribution in [-0.4, -0.2) is 16.1 Å². The van der Waals surface area contributed by atoms with Crippen molar-refractivity contribution in [2.45, 2.75) is 19.4 Å². The molecule has 0 aliphatic rings. The van der Waals surface area contributed by atoms with Crippen LogP contribution in [0.1, 0.15) is 18.1 Å². The van der Waals surface area contributed by atoms with Crippen LogP contribution in [0.5, 0.6) is 0 Å². The molecule has 0 aromatic carbocycles. The van der Waals surface area contributed by atoms with Gasteiger partial charge in [-0.15, -0.1) is 0 Å². The van der Waals surface area contributed by atoms with Gasteiger partial charge in [0.25, 0.3) is 0 Å². The molecule has 0 saturated carbocycles. The van der Waals surface area contributed by atoms with Crippen LogP contribution in [0.2, 0.25) is 0 Å². The molecule has 0 bridgehead atoms. The number of aryl methyl sites for hydroxylation is 1. The Hall–Kier alpha value is -1.62. The summed E-state index contributed by atoms with van der Waals surface area (Å²) in [7, 11) is 0. The minimum absolute atomic E-state index is 0.156. The maximum absolute atomic E-state index is 10.9. The van der Waals surface area contributed by atoms with Gasteiger partial charge >= 0.3 is 5.97 Å². The molecule has 14 heavy (non-hydrogen) atoms. The number of nitrogens with zero attached hydrogens (tertiary/aromatic N) is 1. The molecule has 0 spiro atoms. The van der Waals surface area contributed by atoms with Crippen molar-refractivity contribution in [1.29, 1.82) is 0 Å². The highest BCUT2D eigenvalue weighted by molar-refractivity contribution is 5.81. The fourth-order valence-electron chi connectivity index (χ4n) is 1.11. The van der Waals surface area contributed by atoms with Gasteiger partial charge in [0.2, 0.25) is 0 Å². The van der Waals surface area contributed by atoms with E-state index in [2.05, 4.69) is 4.98 Å². The van der Waals surface area contributed by atoms with Gasteiger partial charge in [0.15, 0.2) is 0 Å². The standard InChI is InChI=1S/C9H13N3O2/c1-5-3-6(7(10)12-4-5)9(2,11)8(13)14/h3-4H,11H2,1-2H3,(H2,10,12)(H,13,14)/t9-/m1/s1. The van der Waals surface area contributed by atoms with Gasteiger partial charge in [0.1, 0.15) is 11.4 Å². The fourth-order valence-corrected chi connectivity index (χ4v) is 1.11. The van der Waals surface area contributed by atoms with Crippen molar-refractivity contribution in [1.82, 2.24) is 4.98 Å². The van der Waals surface area contributed by atoms with Crippen LogP contribution >= 0.6 is 0 Å². The van der Waals surface area contributed by atoms with Crippen LogP contribution in [0.4, 0.5) is 5.82 Å². The zero-order valence-corrected chi connectivity index (χ0v) is 8.11. The summed E-state index contributed by atoms with van der Waals surface area (Å²) in [5.74, 6) is -0.973. The van der Waals surface area contributed by atoms with E-state index in [0.29, 0.717) is 5.56 Å². The van der Waals surface area contributed by atoms with Crippen molar-refractivity contribution >= 4 is 11.8 Å². The summed E-state index contributed by atoms with van der Waals surface area (Å²) in [6.07, 6.45) is 1.57. The van der Waals surface area contributed by atoms with Gasteiger partial charge in [-0.25, -0.2) is 9.78 Å². The molecule has 1 atom stereocenters. The molecule has 1 aromatic heterocycles. The number of hydrogen-bond acceptors (Lipinski definition) is 4. The van der Waals surface area contributed by atoms with E-state index >= 15 is 0 Å². The molecule has 1 heterocycles. The van der Waals surface area contributed by atoms with Crippen LogP contribution in [0.25, 0.3) is 0 Å². The quantitative estimate of drug-likeness (QED) is 0.627. The zero-order chi connectivity index (χ0) is 10.9. The number of aromatic nitrogens is 1. The Labute approximate surface area is 81.7 Å². The fraction of sp³-hybridized carbons (Fsp3) is 0.333. The number of carboxylic acid groups (broad SMARTS) is 1. The number of pyridine rings is 1. The lowest BCUT2D eigenvalue weighted by molar-refractivity contribution is -0.143. The smallest absolute Gasteiger partial charge is 0.328 e. The Bertz CT molecular complexity index is 374. The van der Waals surface area contributed by atoms with Crippen molar-refractivity contribution in [2.75, 3.05) is 5.73 Å². The molecule has 0 aliphatic heterocycles. The van der Waals surface area contributed by atoms with Crippen LogP contribution in [-0.2, 0) is 10.3 Å². The van der Waals surface area contributed by atoms with Crippen LogP contribution in [0.3, 0.4) is 0 Å². The predicted octanol–water partition coefficient (Wildman–Crippen LogP) is 0.231. The van der Waals surface area contributed by atoms with Gasteiger partial charge in [-0.2, -0.15) is 0 Å². The van der Waals surface area contributed by atoms with E-state index in [4.69, 9.17) is 16.6 Å². The lowest BCUT2D eigenvalue weighted by atomic mass is 9.93. The van der Waals surface area contributed by atoms with Crippen LogP contribution < -0.4 is 11.5 Å². The number of carboxylic acids is 1. The van der Waals surface area contributed by atoms with Gasteiger partial charge in [0, 0.05) is 11.8 Å². The molecule has 0 fully saturated rings. The molecule has 0 saturated heterocycles. The molecule has 5 nitrogen and oxygen atoms in total. The Morgan fingerprint density at radius 2 is 2.21 bits per heavy atom. The van der Waals surface area contributed by atoms with Gasteiger partial charge < -0.3 is 16.6 Å². The second-order valence-electron chi connectivity index (χ2n) is 3.45. The molecule has 1 rings (SSSR count). The first kappa shape index (κ1) is 10.5. The number of nitrogens with two attached hydrogens (primary N) is 2. The molecule has 0 aliphatic carbocycles. The van der Waals surface area contributed by atoms with E-state index in [1.54, 1.807) is 19.2 Å². The van der Waals surface area contributed by atoms with Gasteiger partial charge in [-0.1, -0.05) is 0 Å². The van der Waals surface area contributed by atoms with Gasteiger partial charge in [-0.05, 0) is 25.5 Å². The summed E-state index contributed by atoms with van der Waals surface area (Å²) < 4.78 is 0. The molecular formula is C9H13N3O2. The third-order valence-corrected chi connectivity index (χ3v) is 2.06. The van der Waals surface area contributed by atoms with Crippen molar-refractivity contribution in [3.05, 3.63) is 23.4 Å². The lowest BCUT2D eigenvalue weighted by Gasteiger charge is -2.21. The van der Waals surface area contributed by atoms with Crippen molar-refractivity contribution < 1.29 is 9.90 Å². The number of nitrogen functional groups attached to an aromatic ring is 1. The van der Waals surface area contributed by atoms with E-state index in [1.807, 2.05) is 0 Å². The molecule has 5 heteroatoms. The third-order valence-electron chi connectivity index (χ3n) is 2.06.